The van der Waals surface area contributed by atoms with Gasteiger partial charge in [0.05, 0.1) is 36.7 Å². The highest BCUT2D eigenvalue weighted by Crippen LogP contribution is 2.32. The summed E-state index contributed by atoms with van der Waals surface area (Å²) in [5.41, 5.74) is 0.812. The molecule has 0 radical (unpaired) electrons. The van der Waals surface area contributed by atoms with Crippen LogP contribution < -0.4 is 9.46 Å². The van der Waals surface area contributed by atoms with E-state index in [1.165, 1.54) is 35.8 Å². The fraction of sp³-hybridized carbons (Fsp3) is 0.333. The third-order valence-electron chi connectivity index (χ3n) is 6.49. The molecule has 0 spiro atoms. The molecule has 1 fully saturated rings. The summed E-state index contributed by atoms with van der Waals surface area (Å²) < 4.78 is 76.0. The lowest BCUT2D eigenvalue weighted by molar-refractivity contribution is 0.0256. The number of pyridine rings is 1. The third kappa shape index (κ3) is 4.94. The third-order valence-corrected chi connectivity index (χ3v) is 8.16. The number of hydrogen-bond acceptors (Lipinski definition) is 7. The summed E-state index contributed by atoms with van der Waals surface area (Å²) in [6, 6.07) is 3.25. The molecule has 39 heavy (non-hydrogen) atoms. The summed E-state index contributed by atoms with van der Waals surface area (Å²) in [7, 11) is -2.49. The average Bonchev–Trinajstić information content (AvgIpc) is 3.46. The van der Waals surface area contributed by atoms with Gasteiger partial charge in [0.1, 0.15) is 22.6 Å². The van der Waals surface area contributed by atoms with Gasteiger partial charge in [0.2, 0.25) is 10.0 Å². The molecular formula is C24H24F3N7O4S. The first-order valence-corrected chi connectivity index (χ1v) is 13.4. The van der Waals surface area contributed by atoms with Gasteiger partial charge in [0.25, 0.3) is 0 Å². The van der Waals surface area contributed by atoms with Gasteiger partial charge in [0, 0.05) is 24.8 Å². The predicted molar refractivity (Wildman–Crippen MR) is 132 cm³/mol. The molecule has 1 N–H and O–H groups in total. The van der Waals surface area contributed by atoms with Crippen LogP contribution in [0.3, 0.4) is 0 Å². The van der Waals surface area contributed by atoms with Crippen molar-refractivity contribution in [2.24, 2.45) is 5.10 Å². The van der Waals surface area contributed by atoms with Crippen molar-refractivity contribution >= 4 is 22.3 Å². The van der Waals surface area contributed by atoms with Crippen molar-refractivity contribution in [1.82, 2.24) is 29.4 Å². The van der Waals surface area contributed by atoms with E-state index in [1.54, 1.807) is 6.92 Å². The lowest BCUT2D eigenvalue weighted by Crippen LogP contribution is -2.58. The molecular weight excluding hydrogens is 539 g/mol. The quantitative estimate of drug-likeness (QED) is 0.492. The van der Waals surface area contributed by atoms with Crippen molar-refractivity contribution in [3.05, 3.63) is 64.9 Å². The first-order chi connectivity index (χ1) is 18.5. The minimum absolute atomic E-state index is 0.00408. The number of sulfonamides is 1. The van der Waals surface area contributed by atoms with Crippen molar-refractivity contribution in [2.75, 3.05) is 20.1 Å². The van der Waals surface area contributed by atoms with E-state index in [2.05, 4.69) is 19.9 Å². The molecule has 0 aliphatic carbocycles. The number of halogens is 3. The van der Waals surface area contributed by atoms with Crippen LogP contribution in [-0.2, 0) is 10.0 Å². The average molecular weight is 564 g/mol. The molecule has 2 aliphatic heterocycles. The first kappa shape index (κ1) is 26.6. The molecule has 1 atom stereocenters. The van der Waals surface area contributed by atoms with E-state index in [9.17, 15) is 26.4 Å². The van der Waals surface area contributed by atoms with Gasteiger partial charge >= 0.3 is 6.03 Å². The van der Waals surface area contributed by atoms with Gasteiger partial charge in [-0.05, 0) is 38.6 Å². The summed E-state index contributed by atoms with van der Waals surface area (Å²) in [5, 5.41) is 9.47. The summed E-state index contributed by atoms with van der Waals surface area (Å²) in [5.74, 6) is -2.24. The fourth-order valence-corrected chi connectivity index (χ4v) is 5.70. The van der Waals surface area contributed by atoms with E-state index in [4.69, 9.17) is 4.74 Å². The monoisotopic (exact) mass is 563 g/mol. The Bertz CT molecular complexity index is 1570. The number of benzene rings is 1. The van der Waals surface area contributed by atoms with Crippen LogP contribution >= 0.6 is 0 Å². The summed E-state index contributed by atoms with van der Waals surface area (Å²) >= 11 is 0. The van der Waals surface area contributed by atoms with E-state index in [1.807, 2.05) is 0 Å². The second-order valence-corrected chi connectivity index (χ2v) is 10.9. The normalized spacial score (nSPS) is 17.5. The largest absolute Gasteiger partial charge is 0.483 e. The van der Waals surface area contributed by atoms with E-state index in [0.29, 0.717) is 6.42 Å². The van der Waals surface area contributed by atoms with E-state index in [-0.39, 0.29) is 46.5 Å². The van der Waals surface area contributed by atoms with Gasteiger partial charge < -0.3 is 9.64 Å². The summed E-state index contributed by atoms with van der Waals surface area (Å²) in [6.07, 6.45) is 2.20. The highest BCUT2D eigenvalue weighted by atomic mass is 32.2. The summed E-state index contributed by atoms with van der Waals surface area (Å²) in [4.78, 5) is 18.4. The number of aryl methyl sites for hydroxylation is 1. The van der Waals surface area contributed by atoms with Crippen LogP contribution in [0.15, 0.2) is 40.5 Å². The minimum atomic E-state index is -3.78. The Morgan fingerprint density at radius 1 is 1.10 bits per heavy atom. The zero-order valence-corrected chi connectivity index (χ0v) is 21.9. The number of ether oxygens (including phenoxy) is 1. The van der Waals surface area contributed by atoms with Gasteiger partial charge in [0.15, 0.2) is 17.4 Å². The van der Waals surface area contributed by atoms with Crippen LogP contribution in [0.5, 0.6) is 5.75 Å². The Balaban J connectivity index is 1.28. The van der Waals surface area contributed by atoms with Crippen LogP contribution in [0.1, 0.15) is 29.4 Å². The Hall–Kier alpha value is -3.98. The van der Waals surface area contributed by atoms with Crippen LogP contribution in [0, 0.1) is 31.3 Å². The molecule has 15 heteroatoms. The number of likely N-dealkylation sites (tertiary alicyclic amines) is 1. The zero-order valence-electron chi connectivity index (χ0n) is 21.1. The van der Waals surface area contributed by atoms with Crippen LogP contribution in [0.2, 0.25) is 0 Å². The van der Waals surface area contributed by atoms with Crippen LogP contribution in [0.25, 0.3) is 5.82 Å². The van der Waals surface area contributed by atoms with Crippen molar-refractivity contribution in [3.63, 3.8) is 0 Å². The molecule has 11 nitrogen and oxygen atoms in total. The Kier molecular flexibility index (Phi) is 6.80. The van der Waals surface area contributed by atoms with Crippen molar-refractivity contribution in [1.29, 1.82) is 0 Å². The number of nitrogens with one attached hydrogen (secondary N) is 1. The predicted octanol–water partition coefficient (Wildman–Crippen LogP) is 2.83. The molecule has 1 unspecified atom stereocenters. The maximum absolute atomic E-state index is 14.5. The molecule has 5 rings (SSSR count). The SMILES string of the molecule is CNS(=O)(=O)c1c(C)nn(-c2cc(OC3CN(C(=O)N4N=CCC4c4cc(F)cc(F)c4)C3)c(F)cn2)c1C. The number of nitrogens with zero attached hydrogens (tertiary/aromatic N) is 6. The number of hydrogen-bond donors (Lipinski definition) is 1. The maximum Gasteiger partial charge on any atom is 0.341 e. The van der Waals surface area contributed by atoms with Crippen LogP contribution in [-0.4, -0.2) is 71.6 Å². The van der Waals surface area contributed by atoms with Crippen LogP contribution in [0.4, 0.5) is 18.0 Å². The number of amides is 2. The molecule has 1 saturated heterocycles. The second kappa shape index (κ2) is 9.96. The van der Waals surface area contributed by atoms with Crippen molar-refractivity contribution < 1.29 is 31.1 Å². The molecule has 4 heterocycles. The molecule has 3 aromatic rings. The molecule has 206 valence electrons. The molecule has 1 aromatic carbocycles. The topological polar surface area (TPSA) is 122 Å². The number of carbonyl (C=O) groups is 1. The van der Waals surface area contributed by atoms with Crippen molar-refractivity contribution in [3.8, 4) is 11.6 Å². The molecule has 0 saturated carbocycles. The second-order valence-electron chi connectivity index (χ2n) is 9.12. The Labute approximate surface area is 221 Å². The van der Waals surface area contributed by atoms with Gasteiger partial charge in [-0.15, -0.1) is 0 Å². The summed E-state index contributed by atoms with van der Waals surface area (Å²) in [6.45, 7) is 3.33. The number of carbonyl (C=O) groups excluding carboxylic acids is 1. The number of rotatable bonds is 6. The minimum Gasteiger partial charge on any atom is -0.483 e. The maximum atomic E-state index is 14.5. The molecule has 2 aromatic heterocycles. The Morgan fingerprint density at radius 2 is 1.79 bits per heavy atom. The van der Waals surface area contributed by atoms with E-state index < -0.39 is 45.7 Å². The van der Waals surface area contributed by atoms with E-state index in [0.717, 1.165) is 29.4 Å². The van der Waals surface area contributed by atoms with Gasteiger partial charge in [-0.1, -0.05) is 0 Å². The number of hydrazone groups is 1. The first-order valence-electron chi connectivity index (χ1n) is 11.9. The molecule has 0 bridgehead atoms. The number of aromatic nitrogens is 3. The van der Waals surface area contributed by atoms with Gasteiger partial charge in [-0.3, -0.25) is 0 Å². The highest BCUT2D eigenvalue weighted by molar-refractivity contribution is 7.89. The van der Waals surface area contributed by atoms with Gasteiger partial charge in [-0.25, -0.2) is 45.8 Å². The lowest BCUT2D eigenvalue weighted by atomic mass is 10.0. The van der Waals surface area contributed by atoms with Crippen molar-refractivity contribution in [2.45, 2.75) is 37.3 Å². The zero-order chi connectivity index (χ0) is 28.1. The standard InChI is InChI=1S/C24H24F3N7O4S/c1-13-23(39(36,37)28-3)14(2)33(31-13)22-9-21(19(27)10-29-22)38-18-11-32(12-18)24(35)34-20(4-5-30-34)15-6-16(25)8-17(26)7-15/h5-10,18,20,28H,4,11-12H2,1-3H3. The van der Waals surface area contributed by atoms with Gasteiger partial charge in [-0.2, -0.15) is 10.2 Å². The lowest BCUT2D eigenvalue weighted by Gasteiger charge is -2.41. The Morgan fingerprint density at radius 3 is 2.46 bits per heavy atom. The molecule has 2 amide bonds. The molecule has 2 aliphatic rings. The number of urea groups is 1. The smallest absolute Gasteiger partial charge is 0.341 e. The van der Waals surface area contributed by atoms with E-state index >= 15 is 0 Å². The fourth-order valence-electron chi connectivity index (χ4n) is 4.59. The highest BCUT2D eigenvalue weighted by Gasteiger charge is 2.39.